The molecule has 3 aliphatic rings. The number of amides is 2. The first-order valence-electron chi connectivity index (χ1n) is 16.4. The van der Waals surface area contributed by atoms with Crippen LogP contribution < -0.4 is 5.32 Å². The predicted molar refractivity (Wildman–Crippen MR) is 171 cm³/mol. The summed E-state index contributed by atoms with van der Waals surface area (Å²) in [5, 5.41) is 7.99. The number of carbonyl (C=O) groups excluding carboxylic acids is 2. The molecule has 44 heavy (non-hydrogen) atoms. The SMILES string of the molecule is CCCCN1C(=O)[C@H](CC2CCCCC2)NC(=O)C12CCN(Cc1c(C)nn(-c3ccc(S(=O)(=O)N(C)C)cc3)c1C)CC2. The average Bonchev–Trinajstić information content (AvgIpc) is 3.29. The fourth-order valence-corrected chi connectivity index (χ4v) is 8.26. The van der Waals surface area contributed by atoms with Gasteiger partial charge in [0, 0.05) is 51.5 Å². The fraction of sp³-hybridized carbons (Fsp3) is 0.667. The van der Waals surface area contributed by atoms with Crippen molar-refractivity contribution in [2.75, 3.05) is 33.7 Å². The molecular weight excluding hydrogens is 576 g/mol. The molecule has 1 spiro atoms. The van der Waals surface area contributed by atoms with Crippen molar-refractivity contribution in [3.63, 3.8) is 0 Å². The second kappa shape index (κ2) is 13.3. The molecule has 0 radical (unpaired) electrons. The van der Waals surface area contributed by atoms with Crippen LogP contribution in [0.3, 0.4) is 0 Å². The summed E-state index contributed by atoms with van der Waals surface area (Å²) in [6, 6.07) is 6.42. The molecule has 1 N–H and O–H groups in total. The number of nitrogens with zero attached hydrogens (tertiary/aromatic N) is 5. The maximum Gasteiger partial charge on any atom is 0.246 e. The Kier molecular flexibility index (Phi) is 9.87. The van der Waals surface area contributed by atoms with E-state index >= 15 is 0 Å². The Balaban J connectivity index is 1.28. The number of nitrogens with one attached hydrogen (secondary N) is 1. The summed E-state index contributed by atoms with van der Waals surface area (Å²) >= 11 is 0. The van der Waals surface area contributed by atoms with Crippen molar-refractivity contribution < 1.29 is 18.0 Å². The third-order valence-corrected chi connectivity index (χ3v) is 12.0. The van der Waals surface area contributed by atoms with Crippen LogP contribution >= 0.6 is 0 Å². The van der Waals surface area contributed by atoms with Crippen molar-refractivity contribution in [1.29, 1.82) is 0 Å². The van der Waals surface area contributed by atoms with E-state index in [1.165, 1.54) is 37.7 Å². The van der Waals surface area contributed by atoms with Crippen molar-refractivity contribution in [1.82, 2.24) is 29.2 Å². The van der Waals surface area contributed by atoms with Crippen LogP contribution in [0.1, 0.15) is 88.1 Å². The Morgan fingerprint density at radius 3 is 2.30 bits per heavy atom. The third kappa shape index (κ3) is 6.33. The molecule has 242 valence electrons. The maximum atomic E-state index is 13.9. The number of carbonyl (C=O) groups is 2. The first-order valence-corrected chi connectivity index (χ1v) is 17.8. The van der Waals surface area contributed by atoms with Gasteiger partial charge in [-0.15, -0.1) is 0 Å². The van der Waals surface area contributed by atoms with Crippen molar-refractivity contribution in [3.05, 3.63) is 41.2 Å². The number of piperidine rings is 1. The summed E-state index contributed by atoms with van der Waals surface area (Å²) in [5.41, 5.74) is 3.10. The quantitative estimate of drug-likeness (QED) is 0.424. The molecule has 11 heteroatoms. The van der Waals surface area contributed by atoms with Gasteiger partial charge in [0.25, 0.3) is 0 Å². The Labute approximate surface area is 263 Å². The largest absolute Gasteiger partial charge is 0.342 e. The van der Waals surface area contributed by atoms with Gasteiger partial charge in [0.2, 0.25) is 21.8 Å². The maximum absolute atomic E-state index is 13.9. The van der Waals surface area contributed by atoms with E-state index in [0.29, 0.717) is 31.8 Å². The van der Waals surface area contributed by atoms with Gasteiger partial charge in [0.15, 0.2) is 0 Å². The molecule has 2 aromatic rings. The minimum absolute atomic E-state index is 0.0357. The van der Waals surface area contributed by atoms with Crippen LogP contribution in [-0.4, -0.2) is 89.4 Å². The van der Waals surface area contributed by atoms with E-state index in [1.54, 1.807) is 24.3 Å². The molecule has 1 aliphatic carbocycles. The number of hydrogen-bond acceptors (Lipinski definition) is 6. The predicted octanol–water partition coefficient (Wildman–Crippen LogP) is 4.17. The first kappa shape index (κ1) is 32.6. The van der Waals surface area contributed by atoms with Gasteiger partial charge in [-0.1, -0.05) is 45.4 Å². The van der Waals surface area contributed by atoms with E-state index in [9.17, 15) is 18.0 Å². The van der Waals surface area contributed by atoms with Crippen molar-refractivity contribution in [3.8, 4) is 5.69 Å². The Morgan fingerprint density at radius 1 is 1.02 bits per heavy atom. The molecule has 1 aromatic heterocycles. The molecule has 1 atom stereocenters. The highest BCUT2D eigenvalue weighted by Crippen LogP contribution is 2.36. The van der Waals surface area contributed by atoms with Gasteiger partial charge in [-0.2, -0.15) is 5.10 Å². The standard InChI is InChI=1S/C33H50N6O4S/c1-6-7-19-38-31(40)30(22-26-11-9-8-10-12-26)34-32(41)33(38)17-20-37(21-18-33)23-29-24(2)35-39(25(29)3)27-13-15-28(16-14-27)44(42,43)36(4)5/h13-16,26,30H,6-12,17-23H2,1-5H3,(H,34,41)/t30-/m0/s1. The smallest absolute Gasteiger partial charge is 0.246 e. The topological polar surface area (TPSA) is 108 Å². The summed E-state index contributed by atoms with van der Waals surface area (Å²) in [5.74, 6) is 0.682. The van der Waals surface area contributed by atoms with E-state index in [1.807, 2.05) is 23.4 Å². The van der Waals surface area contributed by atoms with Crippen LogP contribution in [0.4, 0.5) is 0 Å². The molecule has 3 heterocycles. The summed E-state index contributed by atoms with van der Waals surface area (Å²) in [4.78, 5) is 32.3. The molecule has 5 rings (SSSR count). The van der Waals surface area contributed by atoms with Gasteiger partial charge in [-0.25, -0.2) is 17.4 Å². The highest BCUT2D eigenvalue weighted by atomic mass is 32.2. The Bertz CT molecular complexity index is 1440. The van der Waals surface area contributed by atoms with Crippen LogP contribution in [0.25, 0.3) is 5.69 Å². The minimum Gasteiger partial charge on any atom is -0.342 e. The summed E-state index contributed by atoms with van der Waals surface area (Å²) in [6.45, 7) is 8.96. The second-order valence-corrected chi connectivity index (χ2v) is 15.4. The molecule has 1 aromatic carbocycles. The molecule has 0 bridgehead atoms. The van der Waals surface area contributed by atoms with Gasteiger partial charge in [0.1, 0.15) is 11.6 Å². The molecule has 2 aliphatic heterocycles. The van der Waals surface area contributed by atoms with Crippen LogP contribution in [0.5, 0.6) is 0 Å². The number of hydrogen-bond donors (Lipinski definition) is 1. The molecule has 0 unspecified atom stereocenters. The Hall–Kier alpha value is -2.76. The molecule has 10 nitrogen and oxygen atoms in total. The number of sulfonamides is 1. The van der Waals surface area contributed by atoms with Crippen LogP contribution in [0, 0.1) is 19.8 Å². The van der Waals surface area contributed by atoms with Crippen molar-refractivity contribution in [2.45, 2.75) is 108 Å². The molecule has 3 fully saturated rings. The highest BCUT2D eigenvalue weighted by molar-refractivity contribution is 7.89. The number of likely N-dealkylation sites (tertiary alicyclic amines) is 1. The lowest BCUT2D eigenvalue weighted by molar-refractivity contribution is -0.162. The zero-order chi connectivity index (χ0) is 31.6. The zero-order valence-corrected chi connectivity index (χ0v) is 28.0. The highest BCUT2D eigenvalue weighted by Gasteiger charge is 2.53. The molecule has 2 saturated heterocycles. The number of piperazine rings is 1. The first-order chi connectivity index (χ1) is 21.0. The van der Waals surface area contributed by atoms with E-state index in [0.717, 1.165) is 67.8 Å². The lowest BCUT2D eigenvalue weighted by atomic mass is 9.79. The number of unbranched alkanes of at least 4 members (excludes halogenated alkanes) is 1. The number of aromatic nitrogens is 2. The van der Waals surface area contributed by atoms with Gasteiger partial charge in [0.05, 0.1) is 16.3 Å². The zero-order valence-electron chi connectivity index (χ0n) is 27.1. The third-order valence-electron chi connectivity index (χ3n) is 10.2. The number of aryl methyl sites for hydroxylation is 1. The summed E-state index contributed by atoms with van der Waals surface area (Å²) < 4.78 is 28.1. The lowest BCUT2D eigenvalue weighted by Crippen LogP contribution is -2.73. The van der Waals surface area contributed by atoms with E-state index in [-0.39, 0.29) is 22.8 Å². The van der Waals surface area contributed by atoms with Crippen LogP contribution in [0.2, 0.25) is 0 Å². The van der Waals surface area contributed by atoms with E-state index < -0.39 is 15.6 Å². The van der Waals surface area contributed by atoms with Gasteiger partial charge >= 0.3 is 0 Å². The van der Waals surface area contributed by atoms with Crippen molar-refractivity contribution >= 4 is 21.8 Å². The summed E-state index contributed by atoms with van der Waals surface area (Å²) in [7, 11) is -0.457. The Morgan fingerprint density at radius 2 is 1.68 bits per heavy atom. The normalized spacial score (nSPS) is 21.8. The average molecular weight is 627 g/mol. The van der Waals surface area contributed by atoms with Crippen LogP contribution in [-0.2, 0) is 26.2 Å². The monoisotopic (exact) mass is 626 g/mol. The van der Waals surface area contributed by atoms with Crippen molar-refractivity contribution in [2.24, 2.45) is 5.92 Å². The number of benzene rings is 1. The van der Waals surface area contributed by atoms with Gasteiger partial charge in [-0.3, -0.25) is 14.5 Å². The minimum atomic E-state index is -3.50. The van der Waals surface area contributed by atoms with Gasteiger partial charge in [-0.05, 0) is 69.7 Å². The summed E-state index contributed by atoms with van der Waals surface area (Å²) in [6.07, 6.45) is 9.96. The fourth-order valence-electron chi connectivity index (χ4n) is 7.36. The lowest BCUT2D eigenvalue weighted by Gasteiger charge is -2.52. The molecular formula is C33H50N6O4S. The van der Waals surface area contributed by atoms with Crippen LogP contribution in [0.15, 0.2) is 29.2 Å². The van der Waals surface area contributed by atoms with E-state index in [4.69, 9.17) is 5.10 Å². The molecule has 1 saturated carbocycles. The second-order valence-electron chi connectivity index (χ2n) is 13.3. The number of rotatable bonds is 10. The van der Waals surface area contributed by atoms with E-state index in [2.05, 4.69) is 17.1 Å². The molecule has 2 amide bonds. The van der Waals surface area contributed by atoms with Gasteiger partial charge < -0.3 is 10.2 Å².